The Morgan fingerprint density at radius 2 is 2.14 bits per heavy atom. The maximum Gasteiger partial charge on any atom is 0.259 e. The first-order valence-corrected chi connectivity index (χ1v) is 9.02. The van der Waals surface area contributed by atoms with E-state index in [-0.39, 0.29) is 17.4 Å². The third-order valence-electron chi connectivity index (χ3n) is 4.94. The largest absolute Gasteiger partial charge is 0.339 e. The second-order valence-corrected chi connectivity index (χ2v) is 7.03. The maximum absolute atomic E-state index is 13.6. The summed E-state index contributed by atoms with van der Waals surface area (Å²) in [7, 11) is 0. The Bertz CT molecular complexity index is 1250. The number of fused-ring (bicyclic) bond motifs is 1. The number of benzene rings is 1. The molecule has 0 unspecified atom stereocenters. The van der Waals surface area contributed by atoms with Gasteiger partial charge in [-0.25, -0.2) is 13.3 Å². The number of pyridine rings is 1. The molecule has 0 radical (unpaired) electrons. The monoisotopic (exact) mass is 395 g/mol. The number of hydrogen-bond acceptors (Lipinski definition) is 5. The minimum Gasteiger partial charge on any atom is -0.339 e. The number of aromatic nitrogens is 4. The van der Waals surface area contributed by atoms with Crippen LogP contribution in [0.5, 0.6) is 0 Å². The van der Waals surface area contributed by atoms with Crippen LogP contribution in [0.15, 0.2) is 47.2 Å². The SMILES string of the molecule is Cc1ccc(-c2noc([C@H]3C[C@@H]3F)n2)cc1NC(=O)c1cnn2ccc(F)cc12. The van der Waals surface area contributed by atoms with Gasteiger partial charge in [0.15, 0.2) is 0 Å². The molecule has 2 atom stereocenters. The summed E-state index contributed by atoms with van der Waals surface area (Å²) >= 11 is 0. The first-order valence-electron chi connectivity index (χ1n) is 9.02. The lowest BCUT2D eigenvalue weighted by atomic mass is 10.1. The molecule has 0 saturated heterocycles. The maximum atomic E-state index is 13.6. The van der Waals surface area contributed by atoms with Crippen molar-refractivity contribution in [2.45, 2.75) is 25.4 Å². The van der Waals surface area contributed by atoms with E-state index in [1.54, 1.807) is 12.1 Å². The zero-order valence-electron chi connectivity index (χ0n) is 15.3. The van der Waals surface area contributed by atoms with Gasteiger partial charge in [-0.15, -0.1) is 0 Å². The van der Waals surface area contributed by atoms with Crippen LogP contribution in [0, 0.1) is 12.7 Å². The summed E-state index contributed by atoms with van der Waals surface area (Å²) in [5, 5.41) is 10.8. The van der Waals surface area contributed by atoms with Gasteiger partial charge in [0, 0.05) is 23.5 Å². The molecule has 0 aliphatic heterocycles. The van der Waals surface area contributed by atoms with Crippen molar-refractivity contribution in [3.63, 3.8) is 0 Å². The van der Waals surface area contributed by atoms with Gasteiger partial charge < -0.3 is 9.84 Å². The molecule has 146 valence electrons. The summed E-state index contributed by atoms with van der Waals surface area (Å²) < 4.78 is 33.3. The van der Waals surface area contributed by atoms with Gasteiger partial charge in [0.25, 0.3) is 5.91 Å². The van der Waals surface area contributed by atoms with Crippen LogP contribution in [0.1, 0.15) is 34.2 Å². The van der Waals surface area contributed by atoms with Crippen LogP contribution in [0.25, 0.3) is 16.9 Å². The zero-order valence-corrected chi connectivity index (χ0v) is 15.3. The van der Waals surface area contributed by atoms with Crippen molar-refractivity contribution in [1.82, 2.24) is 19.8 Å². The predicted octanol–water partition coefficient (Wildman–Crippen LogP) is 3.91. The minimum absolute atomic E-state index is 0.249. The molecule has 3 aromatic heterocycles. The van der Waals surface area contributed by atoms with E-state index in [1.807, 2.05) is 13.0 Å². The fourth-order valence-electron chi connectivity index (χ4n) is 3.14. The van der Waals surface area contributed by atoms with E-state index < -0.39 is 17.9 Å². The van der Waals surface area contributed by atoms with E-state index in [0.29, 0.717) is 29.0 Å². The summed E-state index contributed by atoms with van der Waals surface area (Å²) in [5.41, 5.74) is 2.61. The average Bonchev–Trinajstić information content (AvgIpc) is 3.10. The van der Waals surface area contributed by atoms with E-state index in [4.69, 9.17) is 4.52 Å². The number of rotatable bonds is 4. The van der Waals surface area contributed by atoms with Crippen LogP contribution in [0.4, 0.5) is 14.5 Å². The van der Waals surface area contributed by atoms with Gasteiger partial charge in [-0.2, -0.15) is 10.1 Å². The lowest BCUT2D eigenvalue weighted by molar-refractivity contribution is 0.102. The normalized spacial score (nSPS) is 18.2. The van der Waals surface area contributed by atoms with Gasteiger partial charge in [-0.1, -0.05) is 17.3 Å². The molecular formula is C20H15F2N5O2. The second kappa shape index (κ2) is 6.47. The van der Waals surface area contributed by atoms with E-state index in [0.717, 1.165) is 5.56 Å². The van der Waals surface area contributed by atoms with Crippen molar-refractivity contribution in [3.05, 3.63) is 65.6 Å². The number of hydrogen-bond donors (Lipinski definition) is 1. The number of aryl methyl sites for hydroxylation is 1. The molecule has 0 spiro atoms. The van der Waals surface area contributed by atoms with Crippen molar-refractivity contribution in [2.75, 3.05) is 5.32 Å². The first-order chi connectivity index (χ1) is 14.0. The van der Waals surface area contributed by atoms with Gasteiger partial charge in [0.2, 0.25) is 11.7 Å². The van der Waals surface area contributed by atoms with Gasteiger partial charge in [0.05, 0.1) is 23.2 Å². The van der Waals surface area contributed by atoms with Crippen molar-refractivity contribution < 1.29 is 18.1 Å². The molecule has 1 N–H and O–H groups in total. The lowest BCUT2D eigenvalue weighted by Gasteiger charge is -2.09. The molecule has 5 rings (SSSR count). The van der Waals surface area contributed by atoms with E-state index in [2.05, 4.69) is 20.6 Å². The third kappa shape index (κ3) is 3.14. The third-order valence-corrected chi connectivity index (χ3v) is 4.94. The number of amides is 1. The van der Waals surface area contributed by atoms with E-state index in [9.17, 15) is 13.6 Å². The molecule has 1 aliphatic carbocycles. The summed E-state index contributed by atoms with van der Waals surface area (Å²) in [6.07, 6.45) is 2.31. The molecule has 1 fully saturated rings. The molecule has 4 aromatic rings. The van der Waals surface area contributed by atoms with E-state index in [1.165, 1.54) is 29.0 Å². The van der Waals surface area contributed by atoms with Crippen molar-refractivity contribution in [2.24, 2.45) is 0 Å². The summed E-state index contributed by atoms with van der Waals surface area (Å²) in [5.74, 6) is -0.584. The number of carbonyl (C=O) groups is 1. The number of nitrogens with zero attached hydrogens (tertiary/aromatic N) is 4. The standard InChI is InChI=1S/C20H15F2N5O2/c1-10-2-3-11(18-25-20(29-26-18)13-8-15(13)22)6-16(10)24-19(28)14-9-23-27-5-4-12(21)7-17(14)27/h2-7,9,13,15H,8H2,1H3,(H,24,28)/t13-,15-/m0/s1. The molecule has 29 heavy (non-hydrogen) atoms. The van der Waals surface area contributed by atoms with Crippen LogP contribution >= 0.6 is 0 Å². The van der Waals surface area contributed by atoms with Gasteiger partial charge in [-0.3, -0.25) is 4.79 Å². The molecule has 0 bridgehead atoms. The number of anilines is 1. The fourth-order valence-corrected chi connectivity index (χ4v) is 3.14. The highest BCUT2D eigenvalue weighted by Crippen LogP contribution is 2.43. The highest BCUT2D eigenvalue weighted by molar-refractivity contribution is 6.09. The van der Waals surface area contributed by atoms with Crippen LogP contribution in [0.2, 0.25) is 0 Å². The molecular weight excluding hydrogens is 380 g/mol. The van der Waals surface area contributed by atoms with E-state index >= 15 is 0 Å². The van der Waals surface area contributed by atoms with Crippen LogP contribution in [-0.2, 0) is 0 Å². The summed E-state index contributed by atoms with van der Waals surface area (Å²) in [6.45, 7) is 1.84. The Labute approximate surface area is 163 Å². The summed E-state index contributed by atoms with van der Waals surface area (Å²) in [4.78, 5) is 17.0. The molecule has 7 nitrogen and oxygen atoms in total. The first kappa shape index (κ1) is 17.5. The number of alkyl halides is 1. The number of halogens is 2. The lowest BCUT2D eigenvalue weighted by Crippen LogP contribution is -2.12. The molecule has 1 aliphatic rings. The molecule has 1 saturated carbocycles. The molecule has 1 amide bonds. The predicted molar refractivity (Wildman–Crippen MR) is 99.8 cm³/mol. The molecule has 9 heteroatoms. The number of carbonyl (C=O) groups excluding carboxylic acids is 1. The average molecular weight is 395 g/mol. The Balaban J connectivity index is 1.43. The van der Waals surface area contributed by atoms with Gasteiger partial charge in [-0.05, 0) is 31.0 Å². The Morgan fingerprint density at radius 3 is 2.93 bits per heavy atom. The van der Waals surface area contributed by atoms with Crippen molar-refractivity contribution in [1.29, 1.82) is 0 Å². The van der Waals surface area contributed by atoms with Crippen molar-refractivity contribution >= 4 is 17.1 Å². The number of nitrogens with one attached hydrogen (secondary N) is 1. The Kier molecular flexibility index (Phi) is 3.90. The van der Waals surface area contributed by atoms with Gasteiger partial charge in [0.1, 0.15) is 12.0 Å². The highest BCUT2D eigenvalue weighted by Gasteiger charge is 2.43. The zero-order chi connectivity index (χ0) is 20.1. The Morgan fingerprint density at radius 1 is 1.31 bits per heavy atom. The highest BCUT2D eigenvalue weighted by atomic mass is 19.1. The molecule has 3 heterocycles. The van der Waals surface area contributed by atoms with Gasteiger partial charge >= 0.3 is 0 Å². The van der Waals surface area contributed by atoms with Crippen LogP contribution in [-0.4, -0.2) is 31.8 Å². The summed E-state index contributed by atoms with van der Waals surface area (Å²) in [6, 6.07) is 7.84. The quantitative estimate of drug-likeness (QED) is 0.566. The topological polar surface area (TPSA) is 85.3 Å². The van der Waals surface area contributed by atoms with Crippen LogP contribution in [0.3, 0.4) is 0 Å². The molecule has 1 aromatic carbocycles. The van der Waals surface area contributed by atoms with Crippen LogP contribution < -0.4 is 5.32 Å². The Hall–Kier alpha value is -3.62. The smallest absolute Gasteiger partial charge is 0.259 e. The van der Waals surface area contributed by atoms with Crippen molar-refractivity contribution in [3.8, 4) is 11.4 Å². The fraction of sp³-hybridized carbons (Fsp3) is 0.200. The second-order valence-electron chi connectivity index (χ2n) is 7.03. The minimum atomic E-state index is -0.924.